The van der Waals surface area contributed by atoms with E-state index >= 15 is 0 Å². The zero-order chi connectivity index (χ0) is 24.0. The van der Waals surface area contributed by atoms with Crippen LogP contribution in [0.2, 0.25) is 0 Å². The number of likely N-dealkylation sites (tertiary alicyclic amines) is 2. The van der Waals surface area contributed by atoms with E-state index in [1.165, 1.54) is 9.80 Å². The summed E-state index contributed by atoms with van der Waals surface area (Å²) in [4.78, 5) is 64.0. The Morgan fingerprint density at radius 3 is 2.19 bits per heavy atom. The lowest BCUT2D eigenvalue weighted by Gasteiger charge is -2.32. The fourth-order valence-corrected chi connectivity index (χ4v) is 4.33. The quantitative estimate of drug-likeness (QED) is 0.351. The van der Waals surface area contributed by atoms with E-state index in [0.717, 1.165) is 0 Å². The summed E-state index contributed by atoms with van der Waals surface area (Å²) in [6.45, 7) is 4.27. The fraction of sp³-hybridized carbons (Fsp3) is 0.762. The number of carboxylic acids is 2. The topological polar surface area (TPSA) is 170 Å². The molecule has 0 radical (unpaired) electrons. The molecule has 0 spiro atoms. The average molecular weight is 455 g/mol. The van der Waals surface area contributed by atoms with Crippen molar-refractivity contribution < 1.29 is 34.2 Å². The zero-order valence-electron chi connectivity index (χ0n) is 18.7. The van der Waals surface area contributed by atoms with E-state index < -0.39 is 47.9 Å². The summed E-state index contributed by atoms with van der Waals surface area (Å²) in [7, 11) is 0. The van der Waals surface area contributed by atoms with Crippen molar-refractivity contribution in [1.82, 2.24) is 15.1 Å². The van der Waals surface area contributed by atoms with Crippen LogP contribution in [-0.2, 0) is 24.0 Å². The molecule has 32 heavy (non-hydrogen) atoms. The van der Waals surface area contributed by atoms with E-state index in [-0.39, 0.29) is 24.7 Å². The van der Waals surface area contributed by atoms with Crippen molar-refractivity contribution in [2.24, 2.45) is 11.7 Å². The summed E-state index contributed by atoms with van der Waals surface area (Å²) in [5.41, 5.74) is 5.86. The maximum Gasteiger partial charge on any atom is 0.326 e. The van der Waals surface area contributed by atoms with Gasteiger partial charge in [-0.15, -0.1) is 0 Å². The zero-order valence-corrected chi connectivity index (χ0v) is 18.7. The molecule has 2 rings (SSSR count). The van der Waals surface area contributed by atoms with Gasteiger partial charge in [-0.25, -0.2) is 4.79 Å². The Balaban J connectivity index is 2.08. The van der Waals surface area contributed by atoms with Crippen LogP contribution in [0.1, 0.15) is 58.8 Å². The first-order valence-electron chi connectivity index (χ1n) is 11.2. The Hall–Kier alpha value is -2.69. The Bertz CT molecular complexity index is 744. The summed E-state index contributed by atoms with van der Waals surface area (Å²) in [6, 6.07) is -3.59. The molecule has 2 fully saturated rings. The predicted octanol–water partition coefficient (Wildman–Crippen LogP) is -0.224. The highest BCUT2D eigenvalue weighted by Gasteiger charge is 2.43. The third-order valence-electron chi connectivity index (χ3n) is 6.42. The highest BCUT2D eigenvalue weighted by molar-refractivity contribution is 5.95. The molecule has 180 valence electrons. The maximum absolute atomic E-state index is 13.3. The second-order valence-electron chi connectivity index (χ2n) is 8.63. The van der Waals surface area contributed by atoms with Gasteiger partial charge in [0, 0.05) is 19.5 Å². The van der Waals surface area contributed by atoms with E-state index in [4.69, 9.17) is 10.8 Å². The largest absolute Gasteiger partial charge is 0.481 e. The number of nitrogens with two attached hydrogens (primary N) is 1. The van der Waals surface area contributed by atoms with E-state index in [1.807, 2.05) is 6.92 Å². The van der Waals surface area contributed by atoms with Crippen LogP contribution in [0.4, 0.5) is 0 Å². The number of amides is 3. The first-order chi connectivity index (χ1) is 15.1. The molecule has 11 heteroatoms. The molecule has 5 unspecified atom stereocenters. The summed E-state index contributed by atoms with van der Waals surface area (Å²) < 4.78 is 0. The Morgan fingerprint density at radius 1 is 1.03 bits per heavy atom. The van der Waals surface area contributed by atoms with Crippen LogP contribution in [0.15, 0.2) is 0 Å². The average Bonchev–Trinajstić information content (AvgIpc) is 3.43. The number of nitrogens with one attached hydrogen (secondary N) is 1. The van der Waals surface area contributed by atoms with E-state index in [9.17, 15) is 29.1 Å². The molecule has 0 saturated carbocycles. The van der Waals surface area contributed by atoms with Crippen LogP contribution in [-0.4, -0.2) is 86.9 Å². The van der Waals surface area contributed by atoms with Gasteiger partial charge in [0.25, 0.3) is 0 Å². The summed E-state index contributed by atoms with van der Waals surface area (Å²) in [5, 5.41) is 20.8. The van der Waals surface area contributed by atoms with Gasteiger partial charge in [-0.3, -0.25) is 19.2 Å². The molecule has 3 amide bonds. The molecule has 0 bridgehead atoms. The molecule has 2 aliphatic rings. The monoisotopic (exact) mass is 454 g/mol. The second-order valence-corrected chi connectivity index (χ2v) is 8.63. The Kier molecular flexibility index (Phi) is 8.99. The minimum atomic E-state index is -1.12. The predicted molar refractivity (Wildman–Crippen MR) is 113 cm³/mol. The van der Waals surface area contributed by atoms with Gasteiger partial charge in [0.2, 0.25) is 17.7 Å². The minimum absolute atomic E-state index is 0.0213. The van der Waals surface area contributed by atoms with Crippen LogP contribution in [0.5, 0.6) is 0 Å². The Labute approximate surface area is 187 Å². The molecule has 2 heterocycles. The molecule has 5 N–H and O–H groups in total. The first kappa shape index (κ1) is 25.6. The van der Waals surface area contributed by atoms with Gasteiger partial charge in [0.1, 0.15) is 18.1 Å². The standard InChI is InChI=1S/C21H34N4O7/c1-3-12(2)17(21(31)32)23-18(28)14-6-4-10-24(14)20(30)15-7-5-11-25(15)19(29)13(22)8-9-16(26)27/h12-15,17H,3-11,22H2,1-2H3,(H,23,28)(H,26,27)(H,31,32). The number of rotatable bonds is 10. The lowest BCUT2D eigenvalue weighted by molar-refractivity contribution is -0.148. The van der Waals surface area contributed by atoms with Crippen molar-refractivity contribution in [1.29, 1.82) is 0 Å². The number of hydrogen-bond acceptors (Lipinski definition) is 6. The van der Waals surface area contributed by atoms with Gasteiger partial charge in [0.15, 0.2) is 0 Å². The molecule has 2 aliphatic heterocycles. The number of hydrogen-bond donors (Lipinski definition) is 4. The maximum atomic E-state index is 13.3. The van der Waals surface area contributed by atoms with Gasteiger partial charge >= 0.3 is 11.9 Å². The van der Waals surface area contributed by atoms with Crippen molar-refractivity contribution >= 4 is 29.7 Å². The normalized spacial score (nSPS) is 23.5. The second kappa shape index (κ2) is 11.3. The molecule has 0 aliphatic carbocycles. The van der Waals surface area contributed by atoms with Gasteiger partial charge in [-0.1, -0.05) is 20.3 Å². The van der Waals surface area contributed by atoms with Gasteiger partial charge in [0.05, 0.1) is 6.04 Å². The van der Waals surface area contributed by atoms with Crippen molar-refractivity contribution in [2.45, 2.75) is 83.0 Å². The number of carboxylic acid groups (broad SMARTS) is 2. The fourth-order valence-electron chi connectivity index (χ4n) is 4.33. The SMILES string of the molecule is CCC(C)C(NC(=O)C1CCCN1C(=O)C1CCCN1C(=O)C(N)CCC(=O)O)C(=O)O. The van der Waals surface area contributed by atoms with Crippen LogP contribution in [0.25, 0.3) is 0 Å². The minimum Gasteiger partial charge on any atom is -0.481 e. The van der Waals surface area contributed by atoms with Crippen molar-refractivity contribution in [3.8, 4) is 0 Å². The number of aliphatic carboxylic acids is 2. The molecular weight excluding hydrogens is 420 g/mol. The van der Waals surface area contributed by atoms with Gasteiger partial charge < -0.3 is 31.1 Å². The lowest BCUT2D eigenvalue weighted by atomic mass is 9.98. The number of carbonyl (C=O) groups excluding carboxylic acids is 3. The molecule has 0 aromatic rings. The van der Waals surface area contributed by atoms with Crippen molar-refractivity contribution in [3.05, 3.63) is 0 Å². The summed E-state index contributed by atoms with van der Waals surface area (Å²) in [5.74, 6) is -3.76. The van der Waals surface area contributed by atoms with E-state index in [0.29, 0.717) is 45.2 Å². The third kappa shape index (κ3) is 5.96. The highest BCUT2D eigenvalue weighted by Crippen LogP contribution is 2.26. The van der Waals surface area contributed by atoms with E-state index in [1.54, 1.807) is 6.92 Å². The molecule has 2 saturated heterocycles. The Morgan fingerprint density at radius 2 is 1.62 bits per heavy atom. The van der Waals surface area contributed by atoms with Crippen molar-refractivity contribution in [3.63, 3.8) is 0 Å². The van der Waals surface area contributed by atoms with E-state index in [2.05, 4.69) is 5.32 Å². The smallest absolute Gasteiger partial charge is 0.326 e. The number of nitrogens with zero attached hydrogens (tertiary/aromatic N) is 2. The summed E-state index contributed by atoms with van der Waals surface area (Å²) in [6.07, 6.45) is 2.37. The van der Waals surface area contributed by atoms with Crippen LogP contribution < -0.4 is 11.1 Å². The van der Waals surface area contributed by atoms with Crippen LogP contribution >= 0.6 is 0 Å². The van der Waals surface area contributed by atoms with Crippen LogP contribution in [0.3, 0.4) is 0 Å². The highest BCUT2D eigenvalue weighted by atomic mass is 16.4. The third-order valence-corrected chi connectivity index (χ3v) is 6.42. The molecular formula is C21H34N4O7. The molecule has 0 aromatic heterocycles. The molecule has 0 aromatic carbocycles. The first-order valence-corrected chi connectivity index (χ1v) is 11.2. The van der Waals surface area contributed by atoms with Crippen molar-refractivity contribution in [2.75, 3.05) is 13.1 Å². The summed E-state index contributed by atoms with van der Waals surface area (Å²) >= 11 is 0. The number of carbonyl (C=O) groups is 5. The van der Waals surface area contributed by atoms with Gasteiger partial charge in [-0.05, 0) is 38.0 Å². The molecule has 5 atom stereocenters. The van der Waals surface area contributed by atoms with Crippen LogP contribution in [0, 0.1) is 5.92 Å². The molecule has 11 nitrogen and oxygen atoms in total. The van der Waals surface area contributed by atoms with Gasteiger partial charge in [-0.2, -0.15) is 0 Å². The lowest BCUT2D eigenvalue weighted by Crippen LogP contribution is -2.56.